The summed E-state index contributed by atoms with van der Waals surface area (Å²) in [4.78, 5) is 16.6. The highest BCUT2D eigenvalue weighted by molar-refractivity contribution is 5.83. The Balaban J connectivity index is 2.04. The highest BCUT2D eigenvalue weighted by atomic mass is 16.2. The first kappa shape index (κ1) is 10.9. The normalized spacial score (nSPS) is 30.1. The van der Waals surface area contributed by atoms with Gasteiger partial charge in [0.25, 0.3) is 0 Å². The quantitative estimate of drug-likeness (QED) is 0.693. The molecule has 2 saturated heterocycles. The van der Waals surface area contributed by atoms with E-state index in [2.05, 4.69) is 24.1 Å². The van der Waals surface area contributed by atoms with Crippen molar-refractivity contribution in [2.24, 2.45) is 0 Å². The summed E-state index contributed by atoms with van der Waals surface area (Å²) in [7, 11) is 0. The summed E-state index contributed by atoms with van der Waals surface area (Å²) in [6.45, 7) is 9.10. The van der Waals surface area contributed by atoms with Crippen molar-refractivity contribution in [3.63, 3.8) is 0 Å². The SMILES string of the molecule is CCC(C)N1CCN2CCNCC2C1=O. The summed E-state index contributed by atoms with van der Waals surface area (Å²) in [5.74, 6) is 0.322. The van der Waals surface area contributed by atoms with Gasteiger partial charge in [0.05, 0.1) is 0 Å². The van der Waals surface area contributed by atoms with Crippen LogP contribution in [0.5, 0.6) is 0 Å². The van der Waals surface area contributed by atoms with Crippen LogP contribution >= 0.6 is 0 Å². The Labute approximate surface area is 91.6 Å². The van der Waals surface area contributed by atoms with E-state index in [1.165, 1.54) is 0 Å². The van der Waals surface area contributed by atoms with Gasteiger partial charge in [-0.25, -0.2) is 0 Å². The molecule has 0 saturated carbocycles. The first-order chi connectivity index (χ1) is 7.24. The Bertz CT molecular complexity index is 240. The van der Waals surface area contributed by atoms with Crippen molar-refractivity contribution in [2.45, 2.75) is 32.4 Å². The smallest absolute Gasteiger partial charge is 0.241 e. The third-order valence-electron chi connectivity index (χ3n) is 3.67. The van der Waals surface area contributed by atoms with Crippen molar-refractivity contribution >= 4 is 5.91 Å². The third-order valence-corrected chi connectivity index (χ3v) is 3.67. The Morgan fingerprint density at radius 1 is 1.47 bits per heavy atom. The minimum Gasteiger partial charge on any atom is -0.337 e. The number of hydrogen-bond donors (Lipinski definition) is 1. The number of fused-ring (bicyclic) bond motifs is 1. The maximum absolute atomic E-state index is 12.2. The van der Waals surface area contributed by atoms with Crippen LogP contribution in [0.3, 0.4) is 0 Å². The molecule has 2 rings (SSSR count). The summed E-state index contributed by atoms with van der Waals surface area (Å²) >= 11 is 0. The summed E-state index contributed by atoms with van der Waals surface area (Å²) < 4.78 is 0. The van der Waals surface area contributed by atoms with E-state index in [1.54, 1.807) is 0 Å². The van der Waals surface area contributed by atoms with Crippen molar-refractivity contribution in [1.82, 2.24) is 15.1 Å². The molecular formula is C11H21N3O. The molecule has 0 aromatic rings. The predicted octanol–water partition coefficient (Wildman–Crippen LogP) is -0.0991. The second-order valence-electron chi connectivity index (χ2n) is 4.54. The summed E-state index contributed by atoms with van der Waals surface area (Å²) in [5.41, 5.74) is 0. The summed E-state index contributed by atoms with van der Waals surface area (Å²) in [6.07, 6.45) is 1.05. The molecule has 2 heterocycles. The zero-order valence-corrected chi connectivity index (χ0v) is 9.70. The Morgan fingerprint density at radius 3 is 3.00 bits per heavy atom. The maximum atomic E-state index is 12.2. The molecule has 0 aromatic carbocycles. The second kappa shape index (κ2) is 4.49. The van der Waals surface area contributed by atoms with Crippen LogP contribution in [-0.4, -0.2) is 60.5 Å². The van der Waals surface area contributed by atoms with Crippen molar-refractivity contribution in [1.29, 1.82) is 0 Å². The van der Waals surface area contributed by atoms with Crippen LogP contribution in [0, 0.1) is 0 Å². The topological polar surface area (TPSA) is 35.6 Å². The van der Waals surface area contributed by atoms with E-state index in [4.69, 9.17) is 0 Å². The van der Waals surface area contributed by atoms with Crippen LogP contribution in [-0.2, 0) is 4.79 Å². The monoisotopic (exact) mass is 211 g/mol. The van der Waals surface area contributed by atoms with E-state index in [-0.39, 0.29) is 6.04 Å². The van der Waals surface area contributed by atoms with Crippen molar-refractivity contribution in [3.05, 3.63) is 0 Å². The Kier molecular flexibility index (Phi) is 3.26. The molecular weight excluding hydrogens is 190 g/mol. The van der Waals surface area contributed by atoms with Gasteiger partial charge < -0.3 is 10.2 Å². The van der Waals surface area contributed by atoms with Gasteiger partial charge in [-0.05, 0) is 13.3 Å². The maximum Gasteiger partial charge on any atom is 0.241 e. The third kappa shape index (κ3) is 2.01. The van der Waals surface area contributed by atoms with Gasteiger partial charge in [-0.1, -0.05) is 6.92 Å². The number of rotatable bonds is 2. The molecule has 2 aliphatic heterocycles. The van der Waals surface area contributed by atoms with E-state index >= 15 is 0 Å². The lowest BCUT2D eigenvalue weighted by atomic mass is 10.1. The number of amides is 1. The highest BCUT2D eigenvalue weighted by Crippen LogP contribution is 2.16. The van der Waals surface area contributed by atoms with Gasteiger partial charge in [0, 0.05) is 38.8 Å². The predicted molar refractivity (Wildman–Crippen MR) is 59.7 cm³/mol. The second-order valence-corrected chi connectivity index (χ2v) is 4.54. The van der Waals surface area contributed by atoms with Crippen LogP contribution < -0.4 is 5.32 Å². The van der Waals surface area contributed by atoms with Crippen molar-refractivity contribution < 1.29 is 4.79 Å². The van der Waals surface area contributed by atoms with E-state index in [0.29, 0.717) is 11.9 Å². The zero-order valence-electron chi connectivity index (χ0n) is 9.70. The number of carbonyl (C=O) groups is 1. The average molecular weight is 211 g/mol. The molecule has 2 atom stereocenters. The molecule has 4 heteroatoms. The van der Waals surface area contributed by atoms with E-state index in [0.717, 1.165) is 39.1 Å². The molecule has 0 radical (unpaired) electrons. The fraction of sp³-hybridized carbons (Fsp3) is 0.909. The minimum absolute atomic E-state index is 0.0986. The number of nitrogens with zero attached hydrogens (tertiary/aromatic N) is 2. The molecule has 0 bridgehead atoms. The molecule has 86 valence electrons. The van der Waals surface area contributed by atoms with Crippen LogP contribution in [0.15, 0.2) is 0 Å². The number of hydrogen-bond acceptors (Lipinski definition) is 3. The molecule has 4 nitrogen and oxygen atoms in total. The lowest BCUT2D eigenvalue weighted by Crippen LogP contribution is -2.65. The van der Waals surface area contributed by atoms with Crippen LogP contribution in [0.25, 0.3) is 0 Å². The molecule has 0 spiro atoms. The number of nitrogens with one attached hydrogen (secondary N) is 1. The van der Waals surface area contributed by atoms with Gasteiger partial charge in [-0.2, -0.15) is 0 Å². The largest absolute Gasteiger partial charge is 0.337 e. The molecule has 1 N–H and O–H groups in total. The first-order valence-corrected chi connectivity index (χ1v) is 5.99. The van der Waals surface area contributed by atoms with Crippen LogP contribution in [0.2, 0.25) is 0 Å². The number of piperazine rings is 2. The van der Waals surface area contributed by atoms with E-state index in [1.807, 2.05) is 4.90 Å². The molecule has 2 unspecified atom stereocenters. The number of carbonyl (C=O) groups excluding carboxylic acids is 1. The van der Waals surface area contributed by atoms with Gasteiger partial charge in [0.15, 0.2) is 0 Å². The lowest BCUT2D eigenvalue weighted by molar-refractivity contribution is -0.145. The van der Waals surface area contributed by atoms with Crippen LogP contribution in [0.4, 0.5) is 0 Å². The Morgan fingerprint density at radius 2 is 2.27 bits per heavy atom. The van der Waals surface area contributed by atoms with E-state index < -0.39 is 0 Å². The summed E-state index contributed by atoms with van der Waals surface area (Å²) in [6, 6.07) is 0.489. The van der Waals surface area contributed by atoms with Crippen molar-refractivity contribution in [3.8, 4) is 0 Å². The highest BCUT2D eigenvalue weighted by Gasteiger charge is 2.37. The molecule has 0 aliphatic carbocycles. The minimum atomic E-state index is 0.0986. The van der Waals surface area contributed by atoms with Gasteiger partial charge in [0.2, 0.25) is 5.91 Å². The van der Waals surface area contributed by atoms with Crippen molar-refractivity contribution in [2.75, 3.05) is 32.7 Å². The van der Waals surface area contributed by atoms with E-state index in [9.17, 15) is 4.79 Å². The fourth-order valence-corrected chi connectivity index (χ4v) is 2.45. The van der Waals surface area contributed by atoms with Gasteiger partial charge in [-0.3, -0.25) is 9.69 Å². The van der Waals surface area contributed by atoms with Gasteiger partial charge in [-0.15, -0.1) is 0 Å². The standard InChI is InChI=1S/C11H21N3O/c1-3-9(2)14-7-6-13-5-4-12-8-10(13)11(14)15/h9-10,12H,3-8H2,1-2H3. The molecule has 2 aliphatic rings. The average Bonchev–Trinajstić information content (AvgIpc) is 2.29. The Hall–Kier alpha value is -0.610. The molecule has 15 heavy (non-hydrogen) atoms. The first-order valence-electron chi connectivity index (χ1n) is 5.99. The fourth-order valence-electron chi connectivity index (χ4n) is 2.45. The molecule has 1 amide bonds. The van der Waals surface area contributed by atoms with Gasteiger partial charge in [0.1, 0.15) is 6.04 Å². The van der Waals surface area contributed by atoms with Gasteiger partial charge >= 0.3 is 0 Å². The summed E-state index contributed by atoms with van der Waals surface area (Å²) in [5, 5.41) is 3.30. The van der Waals surface area contributed by atoms with Crippen LogP contribution in [0.1, 0.15) is 20.3 Å². The zero-order chi connectivity index (χ0) is 10.8. The molecule has 2 fully saturated rings. The molecule has 0 aromatic heterocycles. The lowest BCUT2D eigenvalue weighted by Gasteiger charge is -2.45.